The number of amides is 1. The van der Waals surface area contributed by atoms with Crippen LogP contribution in [0.1, 0.15) is 23.1 Å². The van der Waals surface area contributed by atoms with Gasteiger partial charge in [0.2, 0.25) is 5.91 Å². The van der Waals surface area contributed by atoms with Crippen molar-refractivity contribution >= 4 is 5.91 Å². The molecule has 5 heteroatoms. The molecule has 1 saturated heterocycles. The van der Waals surface area contributed by atoms with Crippen molar-refractivity contribution in [3.05, 3.63) is 65.0 Å². The number of carbonyl (C=O) groups is 1. The third-order valence-electron chi connectivity index (χ3n) is 5.40. The van der Waals surface area contributed by atoms with E-state index in [9.17, 15) is 9.18 Å². The van der Waals surface area contributed by atoms with Gasteiger partial charge in [0.1, 0.15) is 11.6 Å². The summed E-state index contributed by atoms with van der Waals surface area (Å²) in [5.41, 5.74) is 3.49. The first-order valence-corrected chi connectivity index (χ1v) is 9.66. The average Bonchev–Trinajstić information content (AvgIpc) is 3.15. The van der Waals surface area contributed by atoms with Crippen LogP contribution in [0, 0.1) is 5.82 Å². The van der Waals surface area contributed by atoms with Gasteiger partial charge in [-0.25, -0.2) is 4.39 Å². The molecule has 0 aliphatic carbocycles. The molecule has 0 N–H and O–H groups in total. The van der Waals surface area contributed by atoms with E-state index in [-0.39, 0.29) is 11.7 Å². The predicted octanol–water partition coefficient (Wildman–Crippen LogP) is 3.04. The number of fused-ring (bicyclic) bond motifs is 1. The minimum absolute atomic E-state index is 0.161. The Labute approximate surface area is 159 Å². The van der Waals surface area contributed by atoms with Crippen molar-refractivity contribution in [3.63, 3.8) is 0 Å². The molecule has 1 fully saturated rings. The lowest BCUT2D eigenvalue weighted by Gasteiger charge is -2.35. The van der Waals surface area contributed by atoms with Gasteiger partial charge in [0.15, 0.2) is 0 Å². The minimum atomic E-state index is -0.244. The lowest BCUT2D eigenvalue weighted by Crippen LogP contribution is -2.48. The van der Waals surface area contributed by atoms with Crippen LogP contribution in [0.5, 0.6) is 5.75 Å². The van der Waals surface area contributed by atoms with E-state index < -0.39 is 0 Å². The SMILES string of the molecule is O=C(CCc1cccc(F)c1)N1CCN(Cc2ccc3c(c2)CCO3)CC1. The molecule has 0 radical (unpaired) electrons. The maximum Gasteiger partial charge on any atom is 0.222 e. The molecule has 4 nitrogen and oxygen atoms in total. The number of rotatable bonds is 5. The smallest absolute Gasteiger partial charge is 0.222 e. The van der Waals surface area contributed by atoms with Crippen LogP contribution >= 0.6 is 0 Å². The largest absolute Gasteiger partial charge is 0.493 e. The van der Waals surface area contributed by atoms with E-state index in [1.807, 2.05) is 11.0 Å². The van der Waals surface area contributed by atoms with E-state index in [1.165, 1.54) is 23.3 Å². The first-order valence-electron chi connectivity index (χ1n) is 9.66. The van der Waals surface area contributed by atoms with E-state index in [4.69, 9.17) is 4.74 Å². The number of ether oxygens (including phenoxy) is 1. The number of hydrogen-bond donors (Lipinski definition) is 0. The number of piperazine rings is 1. The van der Waals surface area contributed by atoms with Crippen molar-refractivity contribution in [2.75, 3.05) is 32.8 Å². The second-order valence-corrected chi connectivity index (χ2v) is 7.33. The zero-order valence-electron chi connectivity index (χ0n) is 15.5. The van der Waals surface area contributed by atoms with E-state index in [2.05, 4.69) is 23.1 Å². The molecule has 142 valence electrons. The minimum Gasteiger partial charge on any atom is -0.493 e. The van der Waals surface area contributed by atoms with Crippen molar-refractivity contribution in [2.45, 2.75) is 25.8 Å². The zero-order chi connectivity index (χ0) is 18.6. The van der Waals surface area contributed by atoms with Crippen LogP contribution in [-0.4, -0.2) is 48.5 Å². The molecule has 0 aromatic heterocycles. The van der Waals surface area contributed by atoms with Gasteiger partial charge in [-0.2, -0.15) is 0 Å². The first-order chi connectivity index (χ1) is 13.2. The standard InChI is InChI=1S/C22H25FN2O2/c23-20-3-1-2-17(15-20)5-7-22(26)25-11-9-24(10-12-25)16-18-4-6-21-19(14-18)8-13-27-21/h1-4,6,14-15H,5,7-13,16H2. The Bertz CT molecular complexity index is 816. The van der Waals surface area contributed by atoms with Crippen LogP contribution < -0.4 is 4.74 Å². The van der Waals surface area contributed by atoms with Gasteiger partial charge < -0.3 is 9.64 Å². The molecular weight excluding hydrogens is 343 g/mol. The maximum atomic E-state index is 13.2. The maximum absolute atomic E-state index is 13.2. The second-order valence-electron chi connectivity index (χ2n) is 7.33. The Hall–Kier alpha value is -2.40. The number of benzene rings is 2. The van der Waals surface area contributed by atoms with Crippen LogP contribution in [0.2, 0.25) is 0 Å². The fourth-order valence-electron chi connectivity index (χ4n) is 3.85. The highest BCUT2D eigenvalue weighted by Crippen LogP contribution is 2.26. The van der Waals surface area contributed by atoms with Crippen LogP contribution in [0.25, 0.3) is 0 Å². The summed E-state index contributed by atoms with van der Waals surface area (Å²) in [7, 11) is 0. The summed E-state index contributed by atoms with van der Waals surface area (Å²) in [6.45, 7) is 5.00. The van der Waals surface area contributed by atoms with Crippen molar-refractivity contribution < 1.29 is 13.9 Å². The molecule has 2 aliphatic rings. The number of hydrogen-bond acceptors (Lipinski definition) is 3. The lowest BCUT2D eigenvalue weighted by molar-refractivity contribution is -0.133. The molecule has 2 aliphatic heterocycles. The molecule has 0 atom stereocenters. The molecular formula is C22H25FN2O2. The molecule has 1 amide bonds. The fourth-order valence-corrected chi connectivity index (χ4v) is 3.85. The number of carbonyl (C=O) groups excluding carboxylic acids is 1. The van der Waals surface area contributed by atoms with Crippen molar-refractivity contribution in [3.8, 4) is 5.75 Å². The van der Waals surface area contributed by atoms with E-state index >= 15 is 0 Å². The van der Waals surface area contributed by atoms with Gasteiger partial charge in [-0.1, -0.05) is 24.3 Å². The molecule has 2 aromatic rings. The van der Waals surface area contributed by atoms with Gasteiger partial charge in [-0.15, -0.1) is 0 Å². The van der Waals surface area contributed by atoms with Gasteiger partial charge in [0.25, 0.3) is 0 Å². The number of nitrogens with zero attached hydrogens (tertiary/aromatic N) is 2. The van der Waals surface area contributed by atoms with Gasteiger partial charge >= 0.3 is 0 Å². The van der Waals surface area contributed by atoms with Gasteiger partial charge in [0.05, 0.1) is 6.61 Å². The second kappa shape index (κ2) is 8.09. The quantitative estimate of drug-likeness (QED) is 0.813. The molecule has 2 aromatic carbocycles. The van der Waals surface area contributed by atoms with Crippen LogP contribution in [0.3, 0.4) is 0 Å². The Morgan fingerprint density at radius 2 is 1.89 bits per heavy atom. The van der Waals surface area contributed by atoms with Crippen LogP contribution in [-0.2, 0) is 24.2 Å². The van der Waals surface area contributed by atoms with Crippen molar-refractivity contribution in [1.82, 2.24) is 9.80 Å². The summed E-state index contributed by atoms with van der Waals surface area (Å²) in [6, 6.07) is 13.0. The van der Waals surface area contributed by atoms with Gasteiger partial charge in [0, 0.05) is 45.6 Å². The first kappa shape index (κ1) is 18.0. The van der Waals surface area contributed by atoms with Crippen molar-refractivity contribution in [1.29, 1.82) is 0 Å². The highest BCUT2D eigenvalue weighted by molar-refractivity contribution is 5.76. The normalized spacial score (nSPS) is 16.9. The Balaban J connectivity index is 1.24. The molecule has 2 heterocycles. The average molecular weight is 368 g/mol. The summed E-state index contributed by atoms with van der Waals surface area (Å²) < 4.78 is 18.8. The summed E-state index contributed by atoms with van der Waals surface area (Å²) in [5.74, 6) is 0.938. The topological polar surface area (TPSA) is 32.8 Å². The van der Waals surface area contributed by atoms with Gasteiger partial charge in [-0.3, -0.25) is 9.69 Å². The van der Waals surface area contributed by atoms with Crippen LogP contribution in [0.4, 0.5) is 4.39 Å². The van der Waals surface area contributed by atoms with Crippen LogP contribution in [0.15, 0.2) is 42.5 Å². The summed E-state index contributed by atoms with van der Waals surface area (Å²) >= 11 is 0. The van der Waals surface area contributed by atoms with Gasteiger partial charge in [-0.05, 0) is 41.3 Å². The predicted molar refractivity (Wildman–Crippen MR) is 102 cm³/mol. The zero-order valence-corrected chi connectivity index (χ0v) is 15.5. The summed E-state index contributed by atoms with van der Waals surface area (Å²) in [5, 5.41) is 0. The lowest BCUT2D eigenvalue weighted by atomic mass is 10.1. The molecule has 0 spiro atoms. The van der Waals surface area contributed by atoms with Crippen molar-refractivity contribution in [2.24, 2.45) is 0 Å². The summed E-state index contributed by atoms with van der Waals surface area (Å²) in [6.07, 6.45) is 2.03. The monoisotopic (exact) mass is 368 g/mol. The number of aryl methyl sites for hydroxylation is 1. The molecule has 0 unspecified atom stereocenters. The molecule has 27 heavy (non-hydrogen) atoms. The summed E-state index contributed by atoms with van der Waals surface area (Å²) in [4.78, 5) is 16.8. The van der Waals surface area contributed by atoms with E-state index in [0.29, 0.717) is 12.8 Å². The van der Waals surface area contributed by atoms with E-state index in [1.54, 1.807) is 6.07 Å². The third kappa shape index (κ3) is 4.48. The highest BCUT2D eigenvalue weighted by atomic mass is 19.1. The molecule has 0 saturated carbocycles. The molecule has 4 rings (SSSR count). The number of halogens is 1. The van der Waals surface area contributed by atoms with E-state index in [0.717, 1.165) is 57.1 Å². The Morgan fingerprint density at radius 1 is 1.04 bits per heavy atom. The Morgan fingerprint density at radius 3 is 2.70 bits per heavy atom. The Kier molecular flexibility index (Phi) is 5.39. The highest BCUT2D eigenvalue weighted by Gasteiger charge is 2.21. The molecule has 0 bridgehead atoms. The fraction of sp³-hybridized carbons (Fsp3) is 0.409. The third-order valence-corrected chi connectivity index (χ3v) is 5.40.